The molecule has 0 atom stereocenters. The van der Waals surface area contributed by atoms with Gasteiger partial charge in [0.15, 0.2) is 0 Å². The van der Waals surface area contributed by atoms with Crippen molar-refractivity contribution in [1.29, 1.82) is 0 Å². The van der Waals surface area contributed by atoms with Crippen LogP contribution in [0, 0.1) is 36.0 Å². The zero-order valence-corrected chi connectivity index (χ0v) is 22.8. The van der Waals surface area contributed by atoms with Gasteiger partial charge in [0.2, 0.25) is 5.01 Å². The minimum absolute atomic E-state index is 0.222. The highest BCUT2D eigenvalue weighted by Crippen LogP contribution is 2.41. The molecular formula is C29H13F12NO2S. The summed E-state index contributed by atoms with van der Waals surface area (Å²) in [7, 11) is 0. The minimum atomic E-state index is -5.53. The summed E-state index contributed by atoms with van der Waals surface area (Å²) < 4.78 is 178. The van der Waals surface area contributed by atoms with Crippen molar-refractivity contribution in [3.8, 4) is 22.6 Å². The summed E-state index contributed by atoms with van der Waals surface area (Å²) in [6.45, 7) is 1.75. The molecular weight excluding hydrogens is 654 g/mol. The molecule has 3 nitrogen and oxygen atoms in total. The average Bonchev–Trinajstić information content (AvgIpc) is 3.30. The number of rotatable bonds is 7. The number of hydrogen-bond acceptors (Lipinski definition) is 4. The fraction of sp³-hybridized carbons (Fsp3) is 0.138. The molecule has 0 saturated carbocycles. The first-order valence-corrected chi connectivity index (χ1v) is 13.0. The van der Waals surface area contributed by atoms with E-state index in [1.165, 1.54) is 6.07 Å². The molecule has 0 aliphatic carbocycles. The van der Waals surface area contributed by atoms with E-state index in [2.05, 4.69) is 14.5 Å². The molecule has 16 heteroatoms. The zero-order valence-electron chi connectivity index (χ0n) is 22.0. The Balaban J connectivity index is 1.39. The number of alkyl halides is 7. The number of fused-ring (bicyclic) bond motifs is 1. The van der Waals surface area contributed by atoms with Crippen LogP contribution in [0.25, 0.3) is 21.3 Å². The van der Waals surface area contributed by atoms with Crippen molar-refractivity contribution in [3.63, 3.8) is 0 Å². The molecule has 0 fully saturated rings. The molecule has 0 aliphatic rings. The monoisotopic (exact) mass is 667 g/mol. The van der Waals surface area contributed by atoms with Crippen LogP contribution in [-0.4, -0.2) is 4.98 Å². The maximum absolute atomic E-state index is 14.9. The van der Waals surface area contributed by atoms with Gasteiger partial charge in [0.25, 0.3) is 0 Å². The highest BCUT2D eigenvalue weighted by atomic mass is 32.1. The Morgan fingerprint density at radius 1 is 0.600 bits per heavy atom. The Kier molecular flexibility index (Phi) is 7.92. The number of ether oxygens (including phenoxy) is 2. The summed E-state index contributed by atoms with van der Waals surface area (Å²) in [6.07, 6.45) is -14.6. The van der Waals surface area contributed by atoms with Gasteiger partial charge in [-0.1, -0.05) is 6.07 Å². The molecule has 0 amide bonds. The van der Waals surface area contributed by atoms with Crippen molar-refractivity contribution in [2.24, 2.45) is 0 Å². The van der Waals surface area contributed by atoms with E-state index in [0.717, 1.165) is 17.7 Å². The lowest BCUT2D eigenvalue weighted by molar-refractivity contribution is -0.189. The third kappa shape index (κ3) is 6.36. The fourth-order valence-electron chi connectivity index (χ4n) is 4.23. The van der Waals surface area contributed by atoms with Crippen LogP contribution in [0.2, 0.25) is 0 Å². The number of halogens is 12. The summed E-state index contributed by atoms with van der Waals surface area (Å²) in [5.41, 5.74) is -4.80. The second-order valence-electron chi connectivity index (χ2n) is 9.44. The Bertz CT molecular complexity index is 1890. The lowest BCUT2D eigenvalue weighted by atomic mass is 10.0. The standard InChI is InChI=1S/C29H13F12NO2S/c1-12-2-5-22-23(6-12)45-26(42-22)29(40,41)43-14-3-4-16(17(30)9-14)13-7-18(31)25(19(32)8-13)28(38,39)44-15-10-20(33)24(21(34)11-15)27(35,36)37/h2-11H,1H3. The van der Waals surface area contributed by atoms with Crippen LogP contribution < -0.4 is 9.47 Å². The highest BCUT2D eigenvalue weighted by molar-refractivity contribution is 7.18. The van der Waals surface area contributed by atoms with E-state index in [9.17, 15) is 52.7 Å². The van der Waals surface area contributed by atoms with E-state index in [1.54, 1.807) is 19.1 Å². The molecule has 0 unspecified atom stereocenters. The second-order valence-corrected chi connectivity index (χ2v) is 10.5. The second kappa shape index (κ2) is 11.2. The first-order valence-electron chi connectivity index (χ1n) is 12.2. The molecule has 1 heterocycles. The SMILES string of the molecule is Cc1ccc2nc(C(F)(F)Oc3ccc(-c4cc(F)c(C(F)(F)Oc5cc(F)c(C(F)(F)F)c(F)c5)c(F)c4)c(F)c3)sc2c1. The van der Waals surface area contributed by atoms with Gasteiger partial charge in [0.1, 0.15) is 51.7 Å². The number of benzene rings is 4. The van der Waals surface area contributed by atoms with Crippen LogP contribution in [0.4, 0.5) is 52.7 Å². The smallest absolute Gasteiger partial charge is 0.429 e. The van der Waals surface area contributed by atoms with Crippen molar-refractivity contribution >= 4 is 21.6 Å². The quantitative estimate of drug-likeness (QED) is 0.162. The van der Waals surface area contributed by atoms with Crippen LogP contribution in [0.5, 0.6) is 11.5 Å². The molecule has 5 rings (SSSR count). The summed E-state index contributed by atoms with van der Waals surface area (Å²) in [4.78, 5) is 3.82. The molecule has 4 aromatic carbocycles. The Labute approximate surface area is 248 Å². The molecule has 236 valence electrons. The van der Waals surface area contributed by atoms with E-state index < -0.39 is 86.2 Å². The van der Waals surface area contributed by atoms with Gasteiger partial charge >= 0.3 is 18.4 Å². The number of aryl methyl sites for hydroxylation is 1. The van der Waals surface area contributed by atoms with Crippen molar-refractivity contribution in [1.82, 2.24) is 4.98 Å². The molecule has 0 saturated heterocycles. The van der Waals surface area contributed by atoms with Crippen molar-refractivity contribution < 1.29 is 62.2 Å². The summed E-state index contributed by atoms with van der Waals surface area (Å²) in [5.74, 6) is -12.4. The summed E-state index contributed by atoms with van der Waals surface area (Å²) in [5, 5.41) is -0.739. The maximum Gasteiger partial charge on any atom is 0.454 e. The van der Waals surface area contributed by atoms with Crippen LogP contribution in [-0.2, 0) is 18.4 Å². The molecule has 45 heavy (non-hydrogen) atoms. The van der Waals surface area contributed by atoms with E-state index in [-0.39, 0.29) is 29.8 Å². The third-order valence-electron chi connectivity index (χ3n) is 6.17. The number of hydrogen-bond donors (Lipinski definition) is 0. The number of thiazole rings is 1. The molecule has 0 aliphatic heterocycles. The van der Waals surface area contributed by atoms with Gasteiger partial charge in [-0.2, -0.15) is 30.7 Å². The predicted octanol–water partition coefficient (Wildman–Crippen LogP) is 10.2. The van der Waals surface area contributed by atoms with Crippen LogP contribution in [0.15, 0.2) is 60.7 Å². The number of nitrogens with zero attached hydrogens (tertiary/aromatic N) is 1. The molecule has 5 aromatic rings. The van der Waals surface area contributed by atoms with Gasteiger partial charge in [-0.15, -0.1) is 11.3 Å². The van der Waals surface area contributed by atoms with Crippen molar-refractivity contribution in [2.75, 3.05) is 0 Å². The molecule has 0 N–H and O–H groups in total. The first kappa shape index (κ1) is 31.9. The summed E-state index contributed by atoms with van der Waals surface area (Å²) >= 11 is 0.635. The zero-order chi connectivity index (χ0) is 33.1. The van der Waals surface area contributed by atoms with E-state index in [1.807, 2.05) is 0 Å². The Morgan fingerprint density at radius 2 is 1.16 bits per heavy atom. The minimum Gasteiger partial charge on any atom is -0.429 e. The normalized spacial score (nSPS) is 12.6. The van der Waals surface area contributed by atoms with Gasteiger partial charge in [0.05, 0.1) is 10.2 Å². The molecule has 0 spiro atoms. The highest BCUT2D eigenvalue weighted by Gasteiger charge is 2.43. The van der Waals surface area contributed by atoms with Crippen molar-refractivity contribution in [3.05, 3.63) is 111 Å². The average molecular weight is 667 g/mol. The van der Waals surface area contributed by atoms with Gasteiger partial charge in [-0.05, 0) is 54.4 Å². The van der Waals surface area contributed by atoms with E-state index >= 15 is 0 Å². The Morgan fingerprint density at radius 3 is 1.73 bits per heavy atom. The van der Waals surface area contributed by atoms with E-state index in [0.29, 0.717) is 22.1 Å². The van der Waals surface area contributed by atoms with Crippen molar-refractivity contribution in [2.45, 2.75) is 25.3 Å². The largest absolute Gasteiger partial charge is 0.454 e. The summed E-state index contributed by atoms with van der Waals surface area (Å²) in [6, 6.07) is 6.78. The van der Waals surface area contributed by atoms with Gasteiger partial charge in [-0.3, -0.25) is 0 Å². The van der Waals surface area contributed by atoms with Crippen LogP contribution in [0.1, 0.15) is 21.7 Å². The van der Waals surface area contributed by atoms with Gasteiger partial charge < -0.3 is 9.47 Å². The van der Waals surface area contributed by atoms with Gasteiger partial charge in [-0.25, -0.2) is 26.9 Å². The molecule has 0 radical (unpaired) electrons. The van der Waals surface area contributed by atoms with Crippen LogP contribution >= 0.6 is 11.3 Å². The Hall–Kier alpha value is -4.47. The first-order chi connectivity index (χ1) is 20.9. The fourth-order valence-corrected chi connectivity index (χ4v) is 5.20. The number of aromatic nitrogens is 1. The molecule has 0 bridgehead atoms. The predicted molar refractivity (Wildman–Crippen MR) is 137 cm³/mol. The van der Waals surface area contributed by atoms with Gasteiger partial charge in [0, 0.05) is 23.8 Å². The maximum atomic E-state index is 14.9. The van der Waals surface area contributed by atoms with Crippen LogP contribution in [0.3, 0.4) is 0 Å². The van der Waals surface area contributed by atoms with E-state index in [4.69, 9.17) is 0 Å². The molecule has 1 aromatic heterocycles. The topological polar surface area (TPSA) is 31.4 Å². The lowest BCUT2D eigenvalue weighted by Crippen LogP contribution is -2.25. The third-order valence-corrected chi connectivity index (χ3v) is 7.24. The lowest BCUT2D eigenvalue weighted by Gasteiger charge is -2.21.